The lowest BCUT2D eigenvalue weighted by Crippen LogP contribution is -2.49. The minimum atomic E-state index is -1.45. The molecule has 31 heavy (non-hydrogen) atoms. The molecule has 0 aromatic carbocycles. The quantitative estimate of drug-likeness (QED) is 0.539. The SMILES string of the molecule is CC(C)C[C@H](N)C(=O)N1C[C@H](O)C[C@](C)(O)[C@@H](n2cnc3c2c(=O)n(C)c(=O)n3C)C1. The lowest BCUT2D eigenvalue weighted by molar-refractivity contribution is -0.134. The van der Waals surface area contributed by atoms with Gasteiger partial charge in [-0.25, -0.2) is 9.78 Å². The molecule has 0 saturated carbocycles. The van der Waals surface area contributed by atoms with Crippen LogP contribution in [0.1, 0.15) is 39.7 Å². The van der Waals surface area contributed by atoms with E-state index in [-0.39, 0.29) is 42.5 Å². The number of imidazole rings is 1. The van der Waals surface area contributed by atoms with Gasteiger partial charge in [-0.15, -0.1) is 0 Å². The Labute approximate surface area is 179 Å². The molecule has 1 fully saturated rings. The summed E-state index contributed by atoms with van der Waals surface area (Å²) < 4.78 is 3.74. The predicted octanol–water partition coefficient (Wildman–Crippen LogP) is -1.31. The minimum absolute atomic E-state index is 0.00732. The highest BCUT2D eigenvalue weighted by Crippen LogP contribution is 2.33. The van der Waals surface area contributed by atoms with Gasteiger partial charge in [0.25, 0.3) is 5.56 Å². The summed E-state index contributed by atoms with van der Waals surface area (Å²) in [6.45, 7) is 5.55. The van der Waals surface area contributed by atoms with Crippen LogP contribution < -0.4 is 17.0 Å². The van der Waals surface area contributed by atoms with Gasteiger partial charge >= 0.3 is 5.69 Å². The Balaban J connectivity index is 2.11. The van der Waals surface area contributed by atoms with Gasteiger partial charge < -0.3 is 25.4 Å². The Morgan fingerprint density at radius 1 is 1.29 bits per heavy atom. The molecule has 11 heteroatoms. The number of aliphatic hydroxyl groups is 2. The molecule has 0 radical (unpaired) electrons. The Hall–Kier alpha value is -2.50. The molecule has 172 valence electrons. The maximum absolute atomic E-state index is 13.0. The number of aryl methyl sites for hydroxylation is 1. The van der Waals surface area contributed by atoms with Gasteiger partial charge in [-0.2, -0.15) is 0 Å². The van der Waals surface area contributed by atoms with E-state index in [1.807, 2.05) is 13.8 Å². The molecule has 11 nitrogen and oxygen atoms in total. The molecule has 0 aliphatic carbocycles. The van der Waals surface area contributed by atoms with E-state index in [1.54, 1.807) is 6.92 Å². The zero-order valence-corrected chi connectivity index (χ0v) is 18.6. The maximum atomic E-state index is 13.0. The second-order valence-electron chi connectivity index (χ2n) is 9.24. The molecule has 0 unspecified atom stereocenters. The summed E-state index contributed by atoms with van der Waals surface area (Å²) in [5.41, 5.74) is 3.91. The summed E-state index contributed by atoms with van der Waals surface area (Å²) in [6, 6.07) is -1.51. The molecule has 2 aromatic rings. The van der Waals surface area contributed by atoms with Crippen molar-refractivity contribution in [2.75, 3.05) is 13.1 Å². The first kappa shape index (κ1) is 23.2. The molecule has 3 heterocycles. The van der Waals surface area contributed by atoms with Crippen LogP contribution in [-0.4, -0.2) is 70.5 Å². The van der Waals surface area contributed by atoms with Gasteiger partial charge in [-0.05, 0) is 19.3 Å². The van der Waals surface area contributed by atoms with Gasteiger partial charge in [0.2, 0.25) is 5.91 Å². The molecule has 0 spiro atoms. The molecule has 1 saturated heterocycles. The van der Waals surface area contributed by atoms with E-state index in [0.29, 0.717) is 6.42 Å². The van der Waals surface area contributed by atoms with Gasteiger partial charge in [0.05, 0.1) is 30.1 Å². The summed E-state index contributed by atoms with van der Waals surface area (Å²) in [5, 5.41) is 21.7. The zero-order valence-electron chi connectivity index (χ0n) is 18.6. The summed E-state index contributed by atoms with van der Waals surface area (Å²) in [4.78, 5) is 43.8. The fraction of sp³-hybridized carbons (Fsp3) is 0.700. The van der Waals surface area contributed by atoms with Crippen molar-refractivity contribution in [1.29, 1.82) is 0 Å². The number of likely N-dealkylation sites (tertiary alicyclic amines) is 1. The number of amides is 1. The van der Waals surface area contributed by atoms with E-state index < -0.39 is 35.0 Å². The molecular formula is C20H32N6O5. The zero-order chi connectivity index (χ0) is 23.2. The van der Waals surface area contributed by atoms with E-state index in [9.17, 15) is 24.6 Å². The van der Waals surface area contributed by atoms with Crippen molar-refractivity contribution in [3.8, 4) is 0 Å². The number of aromatic nitrogens is 4. The van der Waals surface area contributed by atoms with Crippen LogP contribution in [0, 0.1) is 5.92 Å². The van der Waals surface area contributed by atoms with Crippen LogP contribution in [0.5, 0.6) is 0 Å². The van der Waals surface area contributed by atoms with Crippen molar-refractivity contribution < 1.29 is 15.0 Å². The molecule has 4 atom stereocenters. The third-order valence-electron chi connectivity index (χ3n) is 6.05. The number of fused-ring (bicyclic) bond motifs is 1. The van der Waals surface area contributed by atoms with Crippen LogP contribution in [0.4, 0.5) is 0 Å². The van der Waals surface area contributed by atoms with Gasteiger partial charge in [0.1, 0.15) is 0 Å². The molecule has 4 N–H and O–H groups in total. The summed E-state index contributed by atoms with van der Waals surface area (Å²) in [7, 11) is 2.88. The number of aliphatic hydroxyl groups excluding tert-OH is 1. The fourth-order valence-corrected chi connectivity index (χ4v) is 4.42. The predicted molar refractivity (Wildman–Crippen MR) is 115 cm³/mol. The van der Waals surface area contributed by atoms with Crippen LogP contribution in [0.3, 0.4) is 0 Å². The van der Waals surface area contributed by atoms with E-state index in [4.69, 9.17) is 5.73 Å². The van der Waals surface area contributed by atoms with Crippen molar-refractivity contribution in [3.63, 3.8) is 0 Å². The van der Waals surface area contributed by atoms with Crippen molar-refractivity contribution in [2.24, 2.45) is 25.7 Å². The van der Waals surface area contributed by atoms with Crippen LogP contribution in [0.15, 0.2) is 15.9 Å². The fourth-order valence-electron chi connectivity index (χ4n) is 4.42. The largest absolute Gasteiger partial charge is 0.391 e. The lowest BCUT2D eigenvalue weighted by atomic mass is 9.91. The highest BCUT2D eigenvalue weighted by molar-refractivity contribution is 5.82. The molecule has 2 aromatic heterocycles. The minimum Gasteiger partial charge on any atom is -0.391 e. The van der Waals surface area contributed by atoms with Crippen molar-refractivity contribution in [3.05, 3.63) is 27.2 Å². The summed E-state index contributed by atoms with van der Waals surface area (Å²) >= 11 is 0. The maximum Gasteiger partial charge on any atom is 0.332 e. The van der Waals surface area contributed by atoms with Crippen LogP contribution >= 0.6 is 0 Å². The standard InChI is InChI=1S/C20H32N6O5/c1-11(2)6-13(21)17(28)25-8-12(27)7-20(3,31)14(9-25)26-10-22-16-15(26)18(29)24(5)19(30)23(16)4/h10-14,27,31H,6-9,21H2,1-5H3/t12-,13+,14+,20+/m1/s1. The second-order valence-corrected chi connectivity index (χ2v) is 9.24. The number of rotatable bonds is 4. The number of hydrogen-bond donors (Lipinski definition) is 3. The van der Waals surface area contributed by atoms with E-state index in [2.05, 4.69) is 4.98 Å². The van der Waals surface area contributed by atoms with Crippen molar-refractivity contribution in [1.82, 2.24) is 23.6 Å². The Morgan fingerprint density at radius 2 is 1.94 bits per heavy atom. The van der Waals surface area contributed by atoms with E-state index in [1.165, 1.54) is 34.5 Å². The van der Waals surface area contributed by atoms with Crippen LogP contribution in [-0.2, 0) is 18.9 Å². The lowest BCUT2D eigenvalue weighted by Gasteiger charge is -2.34. The third kappa shape index (κ3) is 4.17. The van der Waals surface area contributed by atoms with Crippen molar-refractivity contribution >= 4 is 17.1 Å². The molecule has 1 aliphatic heterocycles. The first-order valence-electron chi connectivity index (χ1n) is 10.4. The van der Waals surface area contributed by atoms with Crippen molar-refractivity contribution in [2.45, 2.75) is 57.4 Å². The van der Waals surface area contributed by atoms with Gasteiger partial charge in [-0.3, -0.25) is 18.7 Å². The van der Waals surface area contributed by atoms with E-state index in [0.717, 1.165) is 4.57 Å². The normalized spacial score (nSPS) is 25.8. The highest BCUT2D eigenvalue weighted by atomic mass is 16.3. The number of carbonyl (C=O) groups is 1. The number of hydrogen-bond acceptors (Lipinski definition) is 7. The Morgan fingerprint density at radius 3 is 2.55 bits per heavy atom. The molecule has 1 aliphatic rings. The summed E-state index contributed by atoms with van der Waals surface area (Å²) in [6.07, 6.45) is 0.909. The molecular weight excluding hydrogens is 404 g/mol. The number of nitrogens with zero attached hydrogens (tertiary/aromatic N) is 5. The van der Waals surface area contributed by atoms with E-state index >= 15 is 0 Å². The summed E-state index contributed by atoms with van der Waals surface area (Å²) in [5.74, 6) is -0.100. The molecule has 3 rings (SSSR count). The number of nitrogens with two attached hydrogens (primary N) is 1. The first-order valence-corrected chi connectivity index (χ1v) is 10.4. The van der Waals surface area contributed by atoms with Gasteiger partial charge in [0, 0.05) is 33.6 Å². The van der Waals surface area contributed by atoms with Crippen LogP contribution in [0.2, 0.25) is 0 Å². The highest BCUT2D eigenvalue weighted by Gasteiger charge is 2.43. The average molecular weight is 437 g/mol. The number of carbonyl (C=O) groups excluding carboxylic acids is 1. The Kier molecular flexibility index (Phi) is 6.14. The van der Waals surface area contributed by atoms with Gasteiger partial charge in [-0.1, -0.05) is 13.8 Å². The molecule has 0 bridgehead atoms. The monoisotopic (exact) mass is 436 g/mol. The Bertz CT molecular complexity index is 1100. The first-order chi connectivity index (χ1) is 14.3. The third-order valence-corrected chi connectivity index (χ3v) is 6.05. The van der Waals surface area contributed by atoms with Crippen LogP contribution in [0.25, 0.3) is 11.2 Å². The number of β-amino-alcohol motifs (C(OH)–C–C–N with tert-alkyl or cyclic N) is 1. The average Bonchev–Trinajstić information content (AvgIpc) is 3.05. The smallest absolute Gasteiger partial charge is 0.332 e. The topological polar surface area (TPSA) is 149 Å². The molecule has 1 amide bonds. The van der Waals surface area contributed by atoms with Gasteiger partial charge in [0.15, 0.2) is 11.2 Å². The second kappa shape index (κ2) is 8.21.